The zero-order valence-corrected chi connectivity index (χ0v) is 29.2. The molecule has 43 heavy (non-hydrogen) atoms. The molecule has 4 nitrogen and oxygen atoms in total. The number of nitrogens with one attached hydrogen (secondary N) is 1. The Bertz CT molecular complexity index is 579. The molecule has 0 saturated carbocycles. The van der Waals surface area contributed by atoms with Crippen molar-refractivity contribution in [3.8, 4) is 0 Å². The second kappa shape index (κ2) is 35.6. The van der Waals surface area contributed by atoms with Crippen molar-refractivity contribution in [2.45, 2.75) is 225 Å². The first-order valence-corrected chi connectivity index (χ1v) is 19.4. The molecule has 2 unspecified atom stereocenters. The van der Waals surface area contributed by atoms with E-state index >= 15 is 0 Å². The van der Waals surface area contributed by atoms with E-state index in [-0.39, 0.29) is 12.5 Å². The molecular formula is C39H77NO3. The van der Waals surface area contributed by atoms with Gasteiger partial charge in [0, 0.05) is 6.42 Å². The summed E-state index contributed by atoms with van der Waals surface area (Å²) in [5, 5.41) is 22.9. The molecule has 2 atom stereocenters. The minimum atomic E-state index is -0.832. The number of unbranched alkanes of at least 4 members (excludes halogenated alkanes) is 28. The van der Waals surface area contributed by atoms with Gasteiger partial charge >= 0.3 is 0 Å². The maximum atomic E-state index is 12.3. The van der Waals surface area contributed by atoms with Crippen LogP contribution in [0.2, 0.25) is 0 Å². The van der Waals surface area contributed by atoms with Gasteiger partial charge in [0.15, 0.2) is 0 Å². The van der Waals surface area contributed by atoms with E-state index in [1.54, 1.807) is 6.08 Å². The molecule has 0 rings (SSSR count). The largest absolute Gasteiger partial charge is 0.394 e. The molecule has 0 bridgehead atoms. The Morgan fingerprint density at radius 3 is 1.21 bits per heavy atom. The summed E-state index contributed by atoms with van der Waals surface area (Å²) >= 11 is 0. The number of allylic oxidation sites excluding steroid dienone is 1. The van der Waals surface area contributed by atoms with Crippen molar-refractivity contribution in [3.05, 3.63) is 12.2 Å². The summed E-state index contributed by atoms with van der Waals surface area (Å²) in [4.78, 5) is 12.3. The first-order valence-electron chi connectivity index (χ1n) is 19.4. The highest BCUT2D eigenvalue weighted by molar-refractivity contribution is 5.76. The maximum Gasteiger partial charge on any atom is 0.220 e. The van der Waals surface area contributed by atoms with Crippen LogP contribution in [-0.2, 0) is 4.79 Å². The summed E-state index contributed by atoms with van der Waals surface area (Å²) in [5.41, 5.74) is 0. The van der Waals surface area contributed by atoms with Gasteiger partial charge in [-0.3, -0.25) is 4.79 Å². The Labute approximate surface area is 269 Å². The summed E-state index contributed by atoms with van der Waals surface area (Å²) in [7, 11) is 0. The van der Waals surface area contributed by atoms with E-state index in [0.29, 0.717) is 6.42 Å². The van der Waals surface area contributed by atoms with Crippen molar-refractivity contribution in [1.29, 1.82) is 0 Å². The van der Waals surface area contributed by atoms with Gasteiger partial charge in [0.05, 0.1) is 18.8 Å². The number of amides is 1. The zero-order chi connectivity index (χ0) is 31.5. The average molecular weight is 608 g/mol. The molecule has 256 valence electrons. The molecule has 0 radical (unpaired) electrons. The Morgan fingerprint density at radius 1 is 0.535 bits per heavy atom. The van der Waals surface area contributed by atoms with Crippen molar-refractivity contribution < 1.29 is 15.0 Å². The van der Waals surface area contributed by atoms with Gasteiger partial charge < -0.3 is 15.5 Å². The fourth-order valence-corrected chi connectivity index (χ4v) is 6.00. The summed E-state index contributed by atoms with van der Waals surface area (Å²) in [5.74, 6) is -0.0617. The third-order valence-corrected chi connectivity index (χ3v) is 9.02. The molecule has 0 aliphatic carbocycles. The van der Waals surface area contributed by atoms with Gasteiger partial charge in [-0.15, -0.1) is 0 Å². The van der Waals surface area contributed by atoms with E-state index in [0.717, 1.165) is 25.7 Å². The zero-order valence-electron chi connectivity index (χ0n) is 29.2. The van der Waals surface area contributed by atoms with Crippen LogP contribution < -0.4 is 5.32 Å². The lowest BCUT2D eigenvalue weighted by Crippen LogP contribution is -2.45. The number of hydrogen-bond donors (Lipinski definition) is 3. The molecule has 1 amide bonds. The van der Waals surface area contributed by atoms with E-state index in [9.17, 15) is 15.0 Å². The van der Waals surface area contributed by atoms with Crippen molar-refractivity contribution in [1.82, 2.24) is 5.32 Å². The molecule has 0 aromatic heterocycles. The predicted octanol–water partition coefficient (Wildman–Crippen LogP) is 11.5. The number of carbonyl (C=O) groups is 1. The van der Waals surface area contributed by atoms with E-state index in [2.05, 4.69) is 19.2 Å². The molecule has 0 heterocycles. The van der Waals surface area contributed by atoms with Crippen LogP contribution in [0.5, 0.6) is 0 Å². The van der Waals surface area contributed by atoms with Gasteiger partial charge in [0.1, 0.15) is 0 Å². The number of aliphatic hydroxyl groups excluding tert-OH is 2. The lowest BCUT2D eigenvalue weighted by Gasteiger charge is -2.20. The Hall–Kier alpha value is -0.870. The SMILES string of the molecule is CCCCCCCCCCCCC/C=C/C(O)C(CO)NC(=O)CCCCCCCCCCCCCCCCCCCC. The average Bonchev–Trinajstić information content (AvgIpc) is 3.01. The van der Waals surface area contributed by atoms with Crippen molar-refractivity contribution >= 4 is 5.91 Å². The predicted molar refractivity (Wildman–Crippen MR) is 189 cm³/mol. The Morgan fingerprint density at radius 2 is 0.860 bits per heavy atom. The standard InChI is InChI=1S/C39H77NO3/c1-3-5-7-9-11-13-15-17-18-19-20-21-23-25-27-29-31-33-35-39(43)40-37(36-41)38(42)34-32-30-28-26-24-22-16-14-12-10-8-6-4-2/h32,34,37-38,41-42H,3-31,33,35-36H2,1-2H3,(H,40,43)/b34-32+. The number of hydrogen-bond acceptors (Lipinski definition) is 3. The third kappa shape index (κ3) is 32.3. The molecule has 0 fully saturated rings. The van der Waals surface area contributed by atoms with Gasteiger partial charge in [-0.05, 0) is 19.3 Å². The number of rotatable bonds is 35. The van der Waals surface area contributed by atoms with Crippen LogP contribution in [0.4, 0.5) is 0 Å². The first-order chi connectivity index (χ1) is 21.2. The van der Waals surface area contributed by atoms with Gasteiger partial charge in [0.2, 0.25) is 5.91 Å². The summed E-state index contributed by atoms with van der Waals surface area (Å²) < 4.78 is 0. The minimum Gasteiger partial charge on any atom is -0.394 e. The summed E-state index contributed by atoms with van der Waals surface area (Å²) in [6.45, 7) is 4.31. The highest BCUT2D eigenvalue weighted by Crippen LogP contribution is 2.15. The smallest absolute Gasteiger partial charge is 0.220 e. The lowest BCUT2D eigenvalue weighted by atomic mass is 10.0. The van der Waals surface area contributed by atoms with Crippen LogP contribution >= 0.6 is 0 Å². The van der Waals surface area contributed by atoms with Crippen LogP contribution in [-0.4, -0.2) is 34.9 Å². The lowest BCUT2D eigenvalue weighted by molar-refractivity contribution is -0.123. The summed E-state index contributed by atoms with van der Waals surface area (Å²) in [6, 6.07) is -0.614. The van der Waals surface area contributed by atoms with Crippen LogP contribution in [0.3, 0.4) is 0 Å². The maximum absolute atomic E-state index is 12.3. The normalized spacial score (nSPS) is 13.1. The monoisotopic (exact) mass is 608 g/mol. The quantitative estimate of drug-likeness (QED) is 0.0496. The second-order valence-electron chi connectivity index (χ2n) is 13.4. The third-order valence-electron chi connectivity index (χ3n) is 9.02. The van der Waals surface area contributed by atoms with Crippen LogP contribution in [0.1, 0.15) is 213 Å². The number of aliphatic hydroxyl groups is 2. The molecule has 0 aromatic carbocycles. The fourth-order valence-electron chi connectivity index (χ4n) is 6.00. The van der Waals surface area contributed by atoms with Crippen LogP contribution in [0.15, 0.2) is 12.2 Å². The van der Waals surface area contributed by atoms with E-state index in [1.165, 1.54) is 167 Å². The second-order valence-corrected chi connectivity index (χ2v) is 13.4. The number of carbonyl (C=O) groups excluding carboxylic acids is 1. The van der Waals surface area contributed by atoms with E-state index < -0.39 is 12.1 Å². The molecule has 0 spiro atoms. The van der Waals surface area contributed by atoms with Gasteiger partial charge in [-0.1, -0.05) is 199 Å². The molecule has 4 heteroatoms. The van der Waals surface area contributed by atoms with Gasteiger partial charge in [0.25, 0.3) is 0 Å². The molecular weight excluding hydrogens is 530 g/mol. The topological polar surface area (TPSA) is 69.6 Å². The van der Waals surface area contributed by atoms with Crippen molar-refractivity contribution in [2.24, 2.45) is 0 Å². The van der Waals surface area contributed by atoms with Crippen molar-refractivity contribution in [3.63, 3.8) is 0 Å². The molecule has 0 aliphatic heterocycles. The fraction of sp³-hybridized carbons (Fsp3) is 0.923. The molecule has 0 aliphatic rings. The molecule has 0 aromatic rings. The highest BCUT2D eigenvalue weighted by atomic mass is 16.3. The Balaban J connectivity index is 3.55. The van der Waals surface area contributed by atoms with E-state index in [4.69, 9.17) is 0 Å². The molecule has 3 N–H and O–H groups in total. The van der Waals surface area contributed by atoms with E-state index in [1.807, 2.05) is 6.08 Å². The Kier molecular flexibility index (Phi) is 34.9. The van der Waals surface area contributed by atoms with Gasteiger partial charge in [-0.2, -0.15) is 0 Å². The van der Waals surface area contributed by atoms with Gasteiger partial charge in [-0.25, -0.2) is 0 Å². The van der Waals surface area contributed by atoms with Crippen molar-refractivity contribution in [2.75, 3.05) is 6.61 Å². The first kappa shape index (κ1) is 42.1. The highest BCUT2D eigenvalue weighted by Gasteiger charge is 2.17. The minimum absolute atomic E-state index is 0.0617. The van der Waals surface area contributed by atoms with Crippen LogP contribution in [0.25, 0.3) is 0 Å². The summed E-state index contributed by atoms with van der Waals surface area (Å²) in [6.07, 6.45) is 43.0. The molecule has 0 saturated heterocycles. The van der Waals surface area contributed by atoms with Crippen LogP contribution in [0, 0.1) is 0 Å².